The fraction of sp³-hybridized carbons (Fsp3) is 0.786. The number of ether oxygens (including phenoxy) is 1. The number of rotatable bonds is 7. The summed E-state index contributed by atoms with van der Waals surface area (Å²) in [5.74, 6) is 0.0416. The maximum atomic E-state index is 11.3. The minimum atomic E-state index is -3.00. The zero-order chi connectivity index (χ0) is 15.3. The zero-order valence-electron chi connectivity index (χ0n) is 12.7. The second kappa shape index (κ2) is 7.67. The van der Waals surface area contributed by atoms with Crippen LogP contribution in [-0.4, -0.2) is 50.4 Å². The van der Waals surface area contributed by atoms with Crippen LogP contribution in [0.4, 0.5) is 0 Å². The van der Waals surface area contributed by atoms with Crippen LogP contribution in [0.1, 0.15) is 36.9 Å². The molecule has 1 aliphatic heterocycles. The fourth-order valence-corrected chi connectivity index (χ4v) is 4.52. The molecule has 120 valence electrons. The molecule has 1 aliphatic rings. The third-order valence-corrected chi connectivity index (χ3v) is 5.27. The lowest BCUT2D eigenvalue weighted by Gasteiger charge is -2.32. The highest BCUT2D eigenvalue weighted by atomic mass is 32.2. The van der Waals surface area contributed by atoms with Gasteiger partial charge in [-0.05, 0) is 25.8 Å². The van der Waals surface area contributed by atoms with E-state index in [2.05, 4.69) is 16.8 Å². The standard InChI is InChI=1S/C14H24N2O3S2/c1-3-7-19-13-5-4-6-16(9-13)8-12-10-20-14(15-12)11-21(2,17)18/h10,13H,3-9,11H2,1-2H3/t13-/m1/s1. The predicted molar refractivity (Wildman–Crippen MR) is 85.2 cm³/mol. The van der Waals surface area contributed by atoms with Gasteiger partial charge in [-0.2, -0.15) is 0 Å². The van der Waals surface area contributed by atoms with Crippen LogP contribution in [0.2, 0.25) is 0 Å². The van der Waals surface area contributed by atoms with E-state index in [1.165, 1.54) is 17.6 Å². The van der Waals surface area contributed by atoms with Gasteiger partial charge in [0.25, 0.3) is 0 Å². The molecular weight excluding hydrogens is 308 g/mol. The molecule has 0 amide bonds. The van der Waals surface area contributed by atoms with Crippen LogP contribution in [-0.2, 0) is 26.9 Å². The second-order valence-corrected chi connectivity index (χ2v) is 8.76. The Morgan fingerprint density at radius 3 is 3.05 bits per heavy atom. The van der Waals surface area contributed by atoms with Gasteiger partial charge in [-0.15, -0.1) is 11.3 Å². The molecule has 0 unspecified atom stereocenters. The first-order valence-electron chi connectivity index (χ1n) is 7.41. The highest BCUT2D eigenvalue weighted by Crippen LogP contribution is 2.18. The number of thiazole rings is 1. The molecule has 2 heterocycles. The lowest BCUT2D eigenvalue weighted by molar-refractivity contribution is -0.00248. The highest BCUT2D eigenvalue weighted by molar-refractivity contribution is 7.90. The summed E-state index contributed by atoms with van der Waals surface area (Å²) in [6.07, 6.45) is 4.90. The summed E-state index contributed by atoms with van der Waals surface area (Å²) < 4.78 is 28.4. The van der Waals surface area contributed by atoms with Crippen LogP contribution in [0.25, 0.3) is 0 Å². The molecule has 0 saturated carbocycles. The van der Waals surface area contributed by atoms with Gasteiger partial charge >= 0.3 is 0 Å². The first-order valence-corrected chi connectivity index (χ1v) is 10.3. The maximum Gasteiger partial charge on any atom is 0.153 e. The number of nitrogens with zero attached hydrogens (tertiary/aromatic N) is 2. The molecule has 1 fully saturated rings. The van der Waals surface area contributed by atoms with Gasteiger partial charge < -0.3 is 4.74 Å². The molecule has 0 aliphatic carbocycles. The van der Waals surface area contributed by atoms with Gasteiger partial charge in [0.2, 0.25) is 0 Å². The Balaban J connectivity index is 1.86. The molecule has 0 aromatic carbocycles. The quantitative estimate of drug-likeness (QED) is 0.765. The van der Waals surface area contributed by atoms with Gasteiger partial charge in [0.1, 0.15) is 10.8 Å². The van der Waals surface area contributed by atoms with Crippen LogP contribution in [0.3, 0.4) is 0 Å². The zero-order valence-corrected chi connectivity index (χ0v) is 14.4. The summed E-state index contributed by atoms with van der Waals surface area (Å²) >= 11 is 1.43. The van der Waals surface area contributed by atoms with Gasteiger partial charge in [-0.25, -0.2) is 13.4 Å². The Kier molecular flexibility index (Phi) is 6.16. The van der Waals surface area contributed by atoms with Crippen molar-refractivity contribution in [3.8, 4) is 0 Å². The van der Waals surface area contributed by atoms with Gasteiger partial charge in [0.05, 0.1) is 11.8 Å². The predicted octanol–water partition coefficient (Wildman–Crippen LogP) is 2.08. The molecule has 1 atom stereocenters. The van der Waals surface area contributed by atoms with Crippen LogP contribution < -0.4 is 0 Å². The van der Waals surface area contributed by atoms with Crippen molar-refractivity contribution >= 4 is 21.2 Å². The van der Waals surface area contributed by atoms with E-state index >= 15 is 0 Å². The van der Waals surface area contributed by atoms with Crippen LogP contribution >= 0.6 is 11.3 Å². The molecule has 21 heavy (non-hydrogen) atoms. The summed E-state index contributed by atoms with van der Waals surface area (Å²) in [6, 6.07) is 0. The van der Waals surface area contributed by atoms with Gasteiger partial charge in [0, 0.05) is 31.3 Å². The van der Waals surface area contributed by atoms with Crippen molar-refractivity contribution in [3.05, 3.63) is 16.1 Å². The van der Waals surface area contributed by atoms with E-state index in [0.29, 0.717) is 11.1 Å². The second-order valence-electron chi connectivity index (χ2n) is 5.67. The van der Waals surface area contributed by atoms with Crippen molar-refractivity contribution in [2.75, 3.05) is 26.0 Å². The van der Waals surface area contributed by atoms with Crippen molar-refractivity contribution in [2.45, 2.75) is 44.6 Å². The van der Waals surface area contributed by atoms with E-state index < -0.39 is 9.84 Å². The van der Waals surface area contributed by atoms with Gasteiger partial charge in [-0.3, -0.25) is 4.90 Å². The third kappa shape index (κ3) is 6.02. The van der Waals surface area contributed by atoms with Crippen LogP contribution in [0.5, 0.6) is 0 Å². The Hall–Kier alpha value is -0.500. The summed E-state index contributed by atoms with van der Waals surface area (Å²) in [5, 5.41) is 2.65. The van der Waals surface area contributed by atoms with E-state index in [1.54, 1.807) is 0 Å². The molecular formula is C14H24N2O3S2. The Morgan fingerprint density at radius 1 is 1.52 bits per heavy atom. The van der Waals surface area contributed by atoms with Crippen molar-refractivity contribution in [1.82, 2.24) is 9.88 Å². The fourth-order valence-electron chi connectivity index (χ4n) is 2.52. The average Bonchev–Trinajstić information content (AvgIpc) is 2.81. The van der Waals surface area contributed by atoms with Crippen molar-refractivity contribution in [2.24, 2.45) is 0 Å². The number of hydrogen-bond acceptors (Lipinski definition) is 6. The molecule has 0 N–H and O–H groups in total. The lowest BCUT2D eigenvalue weighted by atomic mass is 10.1. The topological polar surface area (TPSA) is 59.5 Å². The largest absolute Gasteiger partial charge is 0.377 e. The van der Waals surface area contributed by atoms with E-state index in [-0.39, 0.29) is 5.75 Å². The summed E-state index contributed by atoms with van der Waals surface area (Å²) in [6.45, 7) is 5.74. The number of hydrogen-bond donors (Lipinski definition) is 0. The molecule has 1 aromatic rings. The maximum absolute atomic E-state index is 11.3. The minimum absolute atomic E-state index is 0.0416. The van der Waals surface area contributed by atoms with Crippen LogP contribution in [0, 0.1) is 0 Å². The van der Waals surface area contributed by atoms with Crippen molar-refractivity contribution < 1.29 is 13.2 Å². The van der Waals surface area contributed by atoms with E-state index in [9.17, 15) is 8.42 Å². The summed E-state index contributed by atoms with van der Waals surface area (Å²) in [4.78, 5) is 6.78. The minimum Gasteiger partial charge on any atom is -0.377 e. The molecule has 0 bridgehead atoms. The number of likely N-dealkylation sites (tertiary alicyclic amines) is 1. The van der Waals surface area contributed by atoms with E-state index in [4.69, 9.17) is 4.74 Å². The summed E-state index contributed by atoms with van der Waals surface area (Å²) in [5.41, 5.74) is 0.967. The molecule has 1 saturated heterocycles. The number of sulfone groups is 1. The molecule has 0 radical (unpaired) electrons. The Morgan fingerprint density at radius 2 is 2.33 bits per heavy atom. The normalized spacial score (nSPS) is 20.8. The average molecular weight is 332 g/mol. The third-order valence-electron chi connectivity index (χ3n) is 3.39. The van der Waals surface area contributed by atoms with E-state index in [0.717, 1.165) is 51.2 Å². The lowest BCUT2D eigenvalue weighted by Crippen LogP contribution is -2.39. The van der Waals surface area contributed by atoms with E-state index in [1.807, 2.05) is 5.38 Å². The van der Waals surface area contributed by atoms with Crippen LogP contribution in [0.15, 0.2) is 5.38 Å². The van der Waals surface area contributed by atoms with Gasteiger partial charge in [-0.1, -0.05) is 6.92 Å². The Labute approximate surface area is 131 Å². The monoisotopic (exact) mass is 332 g/mol. The smallest absolute Gasteiger partial charge is 0.153 e. The van der Waals surface area contributed by atoms with Crippen molar-refractivity contribution in [3.63, 3.8) is 0 Å². The molecule has 7 heteroatoms. The number of piperidine rings is 1. The molecule has 1 aromatic heterocycles. The van der Waals surface area contributed by atoms with Gasteiger partial charge in [0.15, 0.2) is 9.84 Å². The number of aromatic nitrogens is 1. The molecule has 0 spiro atoms. The Bertz CT molecular complexity index is 542. The molecule has 2 rings (SSSR count). The first-order chi connectivity index (χ1) is 9.96. The first kappa shape index (κ1) is 16.9. The highest BCUT2D eigenvalue weighted by Gasteiger charge is 2.21. The summed E-state index contributed by atoms with van der Waals surface area (Å²) in [7, 11) is -3.00. The molecule has 5 nitrogen and oxygen atoms in total. The van der Waals surface area contributed by atoms with Crippen molar-refractivity contribution in [1.29, 1.82) is 0 Å². The SMILES string of the molecule is CCCO[C@@H]1CCCN(Cc2csc(CS(C)(=O)=O)n2)C1.